The summed E-state index contributed by atoms with van der Waals surface area (Å²) >= 11 is 0. The van der Waals surface area contributed by atoms with E-state index in [0.717, 1.165) is 6.42 Å². The molecule has 0 atom stereocenters. The van der Waals surface area contributed by atoms with Crippen LogP contribution in [0.2, 0.25) is 0 Å². The van der Waals surface area contributed by atoms with Gasteiger partial charge < -0.3 is 20.1 Å². The third-order valence-electron chi connectivity index (χ3n) is 3.80. The lowest BCUT2D eigenvalue weighted by Gasteiger charge is -2.19. The molecule has 0 spiro atoms. The van der Waals surface area contributed by atoms with E-state index >= 15 is 0 Å². The molecule has 0 radical (unpaired) electrons. The van der Waals surface area contributed by atoms with Gasteiger partial charge in [-0.15, -0.1) is 0 Å². The summed E-state index contributed by atoms with van der Waals surface area (Å²) in [6, 6.07) is 11.7. The maximum Gasteiger partial charge on any atom is 0.258 e. The summed E-state index contributed by atoms with van der Waals surface area (Å²) in [5, 5.41) is 0. The molecule has 138 valence electrons. The third kappa shape index (κ3) is 4.53. The van der Waals surface area contributed by atoms with Gasteiger partial charge in [-0.05, 0) is 55.8 Å². The second-order valence-corrected chi connectivity index (χ2v) is 5.72. The summed E-state index contributed by atoms with van der Waals surface area (Å²) in [6.07, 6.45) is 0.885. The second-order valence-electron chi connectivity index (χ2n) is 5.72. The third-order valence-corrected chi connectivity index (χ3v) is 3.80. The quantitative estimate of drug-likeness (QED) is 0.787. The molecule has 0 aliphatic heterocycles. The molecular weight excluding hydrogens is 332 g/mol. The molecular formula is C20H24N2O4. The van der Waals surface area contributed by atoms with Crippen LogP contribution in [-0.2, 0) is 0 Å². The minimum Gasteiger partial charge on any atom is -0.490 e. The topological polar surface area (TPSA) is 81.9 Å². The maximum atomic E-state index is 12.8. The van der Waals surface area contributed by atoms with Crippen LogP contribution in [0.1, 0.15) is 41.0 Å². The van der Waals surface area contributed by atoms with E-state index in [2.05, 4.69) is 0 Å². The molecule has 0 heterocycles. The van der Waals surface area contributed by atoms with Crippen molar-refractivity contribution in [3.05, 3.63) is 53.6 Å². The van der Waals surface area contributed by atoms with Crippen LogP contribution in [0.15, 0.2) is 42.5 Å². The molecule has 0 aliphatic carbocycles. The summed E-state index contributed by atoms with van der Waals surface area (Å²) in [5.74, 6) is 0.470. The Balaban J connectivity index is 2.24. The van der Waals surface area contributed by atoms with Crippen molar-refractivity contribution in [2.45, 2.75) is 20.3 Å². The smallest absolute Gasteiger partial charge is 0.258 e. The zero-order valence-corrected chi connectivity index (χ0v) is 15.3. The first-order valence-electron chi connectivity index (χ1n) is 8.55. The monoisotopic (exact) mass is 356 g/mol. The Morgan fingerprint density at radius 3 is 2.19 bits per heavy atom. The Morgan fingerprint density at radius 2 is 1.62 bits per heavy atom. The van der Waals surface area contributed by atoms with E-state index in [1.54, 1.807) is 49.5 Å². The first kappa shape index (κ1) is 19.3. The van der Waals surface area contributed by atoms with Gasteiger partial charge in [0.1, 0.15) is 0 Å². The number of benzene rings is 2. The zero-order valence-electron chi connectivity index (χ0n) is 15.3. The van der Waals surface area contributed by atoms with E-state index in [9.17, 15) is 9.59 Å². The van der Waals surface area contributed by atoms with Gasteiger partial charge in [-0.1, -0.05) is 6.92 Å². The molecule has 0 unspecified atom stereocenters. The minimum absolute atomic E-state index is 0.195. The van der Waals surface area contributed by atoms with Gasteiger partial charge in [0, 0.05) is 23.9 Å². The summed E-state index contributed by atoms with van der Waals surface area (Å²) in [6.45, 7) is 4.96. The van der Waals surface area contributed by atoms with Crippen LogP contribution in [0.25, 0.3) is 0 Å². The van der Waals surface area contributed by atoms with Crippen LogP contribution in [0.5, 0.6) is 11.5 Å². The molecule has 2 aromatic carbocycles. The molecule has 0 fully saturated rings. The van der Waals surface area contributed by atoms with Gasteiger partial charge in [0.25, 0.3) is 5.91 Å². The molecule has 2 rings (SSSR count). The lowest BCUT2D eigenvalue weighted by Crippen LogP contribution is -2.26. The summed E-state index contributed by atoms with van der Waals surface area (Å²) in [4.78, 5) is 25.4. The van der Waals surface area contributed by atoms with E-state index in [0.29, 0.717) is 41.5 Å². The Bertz CT molecular complexity index is 772. The number of nitrogens with two attached hydrogens (primary N) is 1. The second kappa shape index (κ2) is 8.89. The Labute approximate surface area is 153 Å². The summed E-state index contributed by atoms with van der Waals surface area (Å²) < 4.78 is 11.3. The van der Waals surface area contributed by atoms with Crippen molar-refractivity contribution >= 4 is 17.5 Å². The number of ether oxygens (including phenoxy) is 2. The fraction of sp³-hybridized carbons (Fsp3) is 0.300. The highest BCUT2D eigenvalue weighted by atomic mass is 16.5. The Kier molecular flexibility index (Phi) is 6.60. The highest BCUT2D eigenvalue weighted by Crippen LogP contribution is 2.29. The fourth-order valence-corrected chi connectivity index (χ4v) is 2.40. The average molecular weight is 356 g/mol. The minimum atomic E-state index is -0.505. The van der Waals surface area contributed by atoms with Gasteiger partial charge >= 0.3 is 0 Å². The van der Waals surface area contributed by atoms with Crippen LogP contribution in [-0.4, -0.2) is 32.1 Å². The molecule has 0 saturated heterocycles. The molecule has 0 saturated carbocycles. The molecule has 2 N–H and O–H groups in total. The molecule has 6 nitrogen and oxygen atoms in total. The van der Waals surface area contributed by atoms with Gasteiger partial charge in [0.15, 0.2) is 11.5 Å². The van der Waals surface area contributed by atoms with E-state index in [4.69, 9.17) is 15.2 Å². The van der Waals surface area contributed by atoms with Crippen LogP contribution < -0.4 is 20.1 Å². The van der Waals surface area contributed by atoms with Gasteiger partial charge in [0.05, 0.1) is 13.2 Å². The Hall–Kier alpha value is -3.02. The van der Waals surface area contributed by atoms with E-state index in [-0.39, 0.29) is 5.91 Å². The number of hydrogen-bond acceptors (Lipinski definition) is 4. The Morgan fingerprint density at radius 1 is 0.962 bits per heavy atom. The van der Waals surface area contributed by atoms with Crippen molar-refractivity contribution < 1.29 is 19.1 Å². The van der Waals surface area contributed by atoms with Crippen molar-refractivity contribution in [3.8, 4) is 11.5 Å². The number of hydrogen-bond donors (Lipinski definition) is 1. The van der Waals surface area contributed by atoms with Crippen molar-refractivity contribution in [1.29, 1.82) is 0 Å². The SMILES string of the molecule is CCCOc1ccc(C(=O)N(C)c2ccc(C(N)=O)cc2)cc1OCC. The lowest BCUT2D eigenvalue weighted by molar-refractivity contribution is 0.0988. The predicted molar refractivity (Wildman–Crippen MR) is 101 cm³/mol. The number of nitrogens with zero attached hydrogens (tertiary/aromatic N) is 1. The molecule has 26 heavy (non-hydrogen) atoms. The van der Waals surface area contributed by atoms with Gasteiger partial charge in [-0.2, -0.15) is 0 Å². The maximum absolute atomic E-state index is 12.8. The molecule has 6 heteroatoms. The van der Waals surface area contributed by atoms with Crippen LogP contribution >= 0.6 is 0 Å². The van der Waals surface area contributed by atoms with E-state index in [1.807, 2.05) is 13.8 Å². The van der Waals surface area contributed by atoms with Gasteiger partial charge in [-0.3, -0.25) is 9.59 Å². The predicted octanol–water partition coefficient (Wildman–Crippen LogP) is 3.25. The van der Waals surface area contributed by atoms with Gasteiger partial charge in [0.2, 0.25) is 5.91 Å². The zero-order chi connectivity index (χ0) is 19.1. The normalized spacial score (nSPS) is 10.3. The molecule has 0 bridgehead atoms. The molecule has 0 aliphatic rings. The van der Waals surface area contributed by atoms with E-state index in [1.165, 1.54) is 4.90 Å². The van der Waals surface area contributed by atoms with E-state index < -0.39 is 5.91 Å². The van der Waals surface area contributed by atoms with Crippen molar-refractivity contribution in [2.75, 3.05) is 25.2 Å². The van der Waals surface area contributed by atoms with Crippen molar-refractivity contribution in [3.63, 3.8) is 0 Å². The largest absolute Gasteiger partial charge is 0.490 e. The first-order chi connectivity index (χ1) is 12.5. The van der Waals surface area contributed by atoms with Crippen LogP contribution in [0.3, 0.4) is 0 Å². The number of rotatable bonds is 8. The van der Waals surface area contributed by atoms with Crippen molar-refractivity contribution in [1.82, 2.24) is 0 Å². The summed E-state index contributed by atoms with van der Waals surface area (Å²) in [5.41, 5.74) is 6.78. The van der Waals surface area contributed by atoms with Crippen LogP contribution in [0, 0.1) is 0 Å². The number of primary amides is 1. The standard InChI is InChI=1S/C20H24N2O4/c1-4-12-26-17-11-8-15(13-18(17)25-5-2)20(24)22(3)16-9-6-14(7-10-16)19(21)23/h6-11,13H,4-5,12H2,1-3H3,(H2,21,23). The molecule has 2 amide bonds. The number of carbonyl (C=O) groups is 2. The molecule has 2 aromatic rings. The number of carbonyl (C=O) groups excluding carboxylic acids is 2. The van der Waals surface area contributed by atoms with Crippen LogP contribution in [0.4, 0.5) is 5.69 Å². The number of anilines is 1. The highest BCUT2D eigenvalue weighted by Gasteiger charge is 2.17. The molecule has 0 aromatic heterocycles. The van der Waals surface area contributed by atoms with Gasteiger partial charge in [-0.25, -0.2) is 0 Å². The lowest BCUT2D eigenvalue weighted by atomic mass is 10.1. The number of amides is 2. The fourth-order valence-electron chi connectivity index (χ4n) is 2.40. The average Bonchev–Trinajstić information content (AvgIpc) is 2.66. The highest BCUT2D eigenvalue weighted by molar-refractivity contribution is 6.06. The first-order valence-corrected chi connectivity index (χ1v) is 8.55. The summed E-state index contributed by atoms with van der Waals surface area (Å²) in [7, 11) is 1.67. The van der Waals surface area contributed by atoms with Crippen molar-refractivity contribution in [2.24, 2.45) is 5.73 Å².